The van der Waals surface area contributed by atoms with E-state index in [2.05, 4.69) is 0 Å². The average molecular weight is 373 g/mol. The molecule has 0 aliphatic carbocycles. The Bertz CT molecular complexity index is 883. The molecule has 1 atom stereocenters. The lowest BCUT2D eigenvalue weighted by Crippen LogP contribution is -2.29. The number of nitrogens with zero attached hydrogens (tertiary/aromatic N) is 3. The molecule has 0 aromatic heterocycles. The molecule has 0 spiro atoms. The van der Waals surface area contributed by atoms with Crippen molar-refractivity contribution >= 4 is 17.3 Å². The van der Waals surface area contributed by atoms with Gasteiger partial charge in [0.15, 0.2) is 5.75 Å². The summed E-state index contributed by atoms with van der Waals surface area (Å²) in [5.74, 6) is -0.353. The van der Waals surface area contributed by atoms with E-state index in [4.69, 9.17) is 4.74 Å². The highest BCUT2D eigenvalue weighted by atomic mass is 16.6. The van der Waals surface area contributed by atoms with Crippen molar-refractivity contribution < 1.29 is 19.4 Å². The molecule has 0 bridgehead atoms. The molecule has 0 fully saturated rings. The van der Waals surface area contributed by atoms with Gasteiger partial charge in [0, 0.05) is 30.8 Å². The molecule has 2 rings (SSSR count). The van der Waals surface area contributed by atoms with Gasteiger partial charge in [0.25, 0.3) is 11.6 Å². The van der Waals surface area contributed by atoms with Crippen LogP contribution in [0.1, 0.15) is 35.8 Å². The van der Waals surface area contributed by atoms with Gasteiger partial charge >= 0.3 is 5.69 Å². The van der Waals surface area contributed by atoms with Crippen molar-refractivity contribution in [1.82, 2.24) is 4.90 Å². The van der Waals surface area contributed by atoms with Crippen LogP contribution in [0.15, 0.2) is 42.5 Å². The predicted octanol–water partition coefficient (Wildman–Crippen LogP) is 3.73. The molecule has 27 heavy (non-hydrogen) atoms. The Morgan fingerprint density at radius 2 is 1.85 bits per heavy atom. The van der Waals surface area contributed by atoms with E-state index in [0.29, 0.717) is 5.56 Å². The van der Waals surface area contributed by atoms with Crippen molar-refractivity contribution in [2.75, 3.05) is 13.7 Å². The number of nitro groups is 2. The Kier molecular flexibility index (Phi) is 6.07. The SMILES string of the molecule is CCOc1ccc(C(=O)N(C)[C@@H](C)c2cccc([N+](=O)[O-])c2)cc1[N+](=O)[O-]. The highest BCUT2D eigenvalue weighted by Crippen LogP contribution is 2.30. The maximum absolute atomic E-state index is 12.8. The second-order valence-corrected chi connectivity index (χ2v) is 5.82. The number of ether oxygens (including phenoxy) is 1. The van der Waals surface area contributed by atoms with E-state index in [0.717, 1.165) is 0 Å². The van der Waals surface area contributed by atoms with Crippen LogP contribution in [-0.4, -0.2) is 34.3 Å². The predicted molar refractivity (Wildman–Crippen MR) is 97.9 cm³/mol. The third-order valence-electron chi connectivity index (χ3n) is 4.17. The minimum absolute atomic E-state index is 0.0723. The number of carbonyl (C=O) groups excluding carboxylic acids is 1. The molecule has 142 valence electrons. The summed E-state index contributed by atoms with van der Waals surface area (Å²) >= 11 is 0. The molecule has 0 radical (unpaired) electrons. The van der Waals surface area contributed by atoms with Gasteiger partial charge in [-0.3, -0.25) is 25.0 Å². The zero-order chi connectivity index (χ0) is 20.1. The topological polar surface area (TPSA) is 116 Å². The van der Waals surface area contributed by atoms with Gasteiger partial charge in [-0.1, -0.05) is 12.1 Å². The molecule has 0 heterocycles. The molecule has 9 heteroatoms. The zero-order valence-electron chi connectivity index (χ0n) is 15.1. The maximum atomic E-state index is 12.8. The minimum atomic E-state index is -0.605. The highest BCUT2D eigenvalue weighted by Gasteiger charge is 2.24. The van der Waals surface area contributed by atoms with Crippen molar-refractivity contribution in [2.24, 2.45) is 0 Å². The van der Waals surface area contributed by atoms with E-state index < -0.39 is 21.8 Å². The number of benzene rings is 2. The standard InChI is InChI=1S/C18H19N3O6/c1-4-27-17-9-8-14(11-16(17)21(25)26)18(22)19(3)12(2)13-6-5-7-15(10-13)20(23)24/h5-12H,4H2,1-3H3/t12-/m0/s1. The van der Waals surface area contributed by atoms with Crippen LogP contribution >= 0.6 is 0 Å². The Hall–Kier alpha value is -3.49. The van der Waals surface area contributed by atoms with Gasteiger partial charge < -0.3 is 9.64 Å². The van der Waals surface area contributed by atoms with Crippen LogP contribution in [0.25, 0.3) is 0 Å². The highest BCUT2D eigenvalue weighted by molar-refractivity contribution is 5.95. The number of non-ortho nitro benzene ring substituents is 1. The molecule has 2 aromatic carbocycles. The molecule has 9 nitrogen and oxygen atoms in total. The number of rotatable bonds is 7. The average Bonchev–Trinajstić information content (AvgIpc) is 2.66. The number of amides is 1. The molecule has 1 amide bonds. The zero-order valence-corrected chi connectivity index (χ0v) is 15.1. The first-order valence-electron chi connectivity index (χ1n) is 8.19. The smallest absolute Gasteiger partial charge is 0.311 e. The summed E-state index contributed by atoms with van der Waals surface area (Å²) < 4.78 is 5.22. The van der Waals surface area contributed by atoms with Gasteiger partial charge in [-0.25, -0.2) is 0 Å². The molecule has 0 aliphatic heterocycles. The first-order valence-corrected chi connectivity index (χ1v) is 8.19. The van der Waals surface area contributed by atoms with E-state index >= 15 is 0 Å². The lowest BCUT2D eigenvalue weighted by molar-refractivity contribution is -0.385. The Morgan fingerprint density at radius 1 is 1.15 bits per heavy atom. The Morgan fingerprint density at radius 3 is 2.44 bits per heavy atom. The summed E-state index contributed by atoms with van der Waals surface area (Å²) in [6.45, 7) is 3.69. The Labute approximate surface area is 155 Å². The van der Waals surface area contributed by atoms with Crippen LogP contribution in [0.4, 0.5) is 11.4 Å². The second kappa shape index (κ2) is 8.26. The van der Waals surface area contributed by atoms with Crippen molar-refractivity contribution in [3.8, 4) is 5.75 Å². The van der Waals surface area contributed by atoms with Crippen LogP contribution in [0.5, 0.6) is 5.75 Å². The van der Waals surface area contributed by atoms with Crippen LogP contribution in [0.3, 0.4) is 0 Å². The second-order valence-electron chi connectivity index (χ2n) is 5.82. The van der Waals surface area contributed by atoms with E-state index in [1.54, 1.807) is 26.0 Å². The molecule has 0 saturated carbocycles. The van der Waals surface area contributed by atoms with Crippen molar-refractivity contribution in [2.45, 2.75) is 19.9 Å². The monoisotopic (exact) mass is 373 g/mol. The first kappa shape index (κ1) is 19.8. The van der Waals surface area contributed by atoms with Crippen molar-refractivity contribution in [3.63, 3.8) is 0 Å². The quantitative estimate of drug-likeness (QED) is 0.539. The van der Waals surface area contributed by atoms with Gasteiger partial charge in [0.05, 0.1) is 22.5 Å². The summed E-state index contributed by atoms with van der Waals surface area (Å²) in [4.78, 5) is 35.2. The summed E-state index contributed by atoms with van der Waals surface area (Å²) in [5, 5.41) is 22.2. The van der Waals surface area contributed by atoms with Gasteiger partial charge in [-0.15, -0.1) is 0 Å². The summed E-state index contributed by atoms with van der Waals surface area (Å²) in [7, 11) is 1.54. The molecular weight excluding hydrogens is 354 g/mol. The maximum Gasteiger partial charge on any atom is 0.311 e. The van der Waals surface area contributed by atoms with E-state index in [9.17, 15) is 25.0 Å². The minimum Gasteiger partial charge on any atom is -0.487 e. The third kappa shape index (κ3) is 4.38. The molecule has 0 saturated heterocycles. The van der Waals surface area contributed by atoms with Gasteiger partial charge in [0.1, 0.15) is 0 Å². The third-order valence-corrected chi connectivity index (χ3v) is 4.17. The molecule has 0 N–H and O–H groups in total. The molecular formula is C18H19N3O6. The molecule has 0 unspecified atom stereocenters. The summed E-state index contributed by atoms with van der Waals surface area (Å²) in [5.41, 5.74) is 0.349. The summed E-state index contributed by atoms with van der Waals surface area (Å²) in [6, 6.07) is 9.54. The molecule has 2 aromatic rings. The van der Waals surface area contributed by atoms with E-state index in [1.807, 2.05) is 0 Å². The van der Waals surface area contributed by atoms with Crippen LogP contribution in [0, 0.1) is 20.2 Å². The summed E-state index contributed by atoms with van der Waals surface area (Å²) in [6.07, 6.45) is 0. The molecule has 0 aliphatic rings. The van der Waals surface area contributed by atoms with Gasteiger partial charge in [-0.2, -0.15) is 0 Å². The van der Waals surface area contributed by atoms with Gasteiger partial charge in [-0.05, 0) is 31.5 Å². The van der Waals surface area contributed by atoms with Crippen LogP contribution in [0.2, 0.25) is 0 Å². The van der Waals surface area contributed by atoms with E-state index in [-0.39, 0.29) is 29.3 Å². The van der Waals surface area contributed by atoms with Gasteiger partial charge in [0.2, 0.25) is 0 Å². The van der Waals surface area contributed by atoms with Crippen LogP contribution in [-0.2, 0) is 0 Å². The lowest BCUT2D eigenvalue weighted by atomic mass is 10.1. The number of hydrogen-bond acceptors (Lipinski definition) is 6. The fraction of sp³-hybridized carbons (Fsp3) is 0.278. The largest absolute Gasteiger partial charge is 0.487 e. The van der Waals surface area contributed by atoms with Crippen molar-refractivity contribution in [1.29, 1.82) is 0 Å². The van der Waals surface area contributed by atoms with Crippen LogP contribution < -0.4 is 4.74 Å². The lowest BCUT2D eigenvalue weighted by Gasteiger charge is -2.25. The van der Waals surface area contributed by atoms with Crippen molar-refractivity contribution in [3.05, 3.63) is 73.8 Å². The number of nitro benzene ring substituents is 2. The first-order chi connectivity index (χ1) is 12.8. The number of hydrogen-bond donors (Lipinski definition) is 0. The normalized spacial score (nSPS) is 11.5. The Balaban J connectivity index is 2.31. The fourth-order valence-electron chi connectivity index (χ4n) is 2.57. The number of carbonyl (C=O) groups is 1. The fourth-order valence-corrected chi connectivity index (χ4v) is 2.57. The van der Waals surface area contributed by atoms with E-state index in [1.165, 1.54) is 42.3 Å².